The average molecular weight is 335 g/mol. The lowest BCUT2D eigenvalue weighted by molar-refractivity contribution is 0.327. The van der Waals surface area contributed by atoms with Crippen LogP contribution in [0.2, 0.25) is 0 Å². The average Bonchev–Trinajstić information content (AvgIpc) is 3.03. The highest BCUT2D eigenvalue weighted by Crippen LogP contribution is 2.27. The fourth-order valence-electron chi connectivity index (χ4n) is 2.00. The Hall–Kier alpha value is -3.11. The van der Waals surface area contributed by atoms with Crippen LogP contribution >= 0.6 is 11.3 Å². The topological polar surface area (TPSA) is 84.0 Å². The molecule has 0 atom stereocenters. The SMILES string of the molecule is C/C(=N\Oc1ccc(C#N)cn1)c1sc(-c2cccnc2)nc1C. The quantitative estimate of drug-likeness (QED) is 0.537. The van der Waals surface area contributed by atoms with Crippen LogP contribution in [0.1, 0.15) is 23.1 Å². The lowest BCUT2D eigenvalue weighted by Gasteiger charge is -1.99. The first-order valence-corrected chi connectivity index (χ1v) is 7.95. The van der Waals surface area contributed by atoms with Gasteiger partial charge in [-0.3, -0.25) is 4.98 Å². The lowest BCUT2D eigenvalue weighted by atomic mass is 10.3. The van der Waals surface area contributed by atoms with Gasteiger partial charge in [0.1, 0.15) is 11.1 Å². The van der Waals surface area contributed by atoms with Crippen molar-refractivity contribution in [3.8, 4) is 22.5 Å². The van der Waals surface area contributed by atoms with Crippen molar-refractivity contribution in [1.29, 1.82) is 5.26 Å². The van der Waals surface area contributed by atoms with Crippen LogP contribution in [0, 0.1) is 18.3 Å². The number of aromatic nitrogens is 3. The third-order valence-electron chi connectivity index (χ3n) is 3.18. The van der Waals surface area contributed by atoms with Crippen LogP contribution in [0.3, 0.4) is 0 Å². The molecule has 0 bridgehead atoms. The summed E-state index contributed by atoms with van der Waals surface area (Å²) in [5.74, 6) is 0.336. The van der Waals surface area contributed by atoms with Crippen molar-refractivity contribution >= 4 is 17.0 Å². The molecule has 0 aliphatic carbocycles. The van der Waals surface area contributed by atoms with E-state index < -0.39 is 0 Å². The van der Waals surface area contributed by atoms with Crippen LogP contribution in [0.15, 0.2) is 48.0 Å². The third kappa shape index (κ3) is 3.45. The second kappa shape index (κ2) is 6.98. The predicted molar refractivity (Wildman–Crippen MR) is 91.9 cm³/mol. The summed E-state index contributed by atoms with van der Waals surface area (Å²) in [5, 5.41) is 13.8. The summed E-state index contributed by atoms with van der Waals surface area (Å²) in [4.78, 5) is 19.0. The fourth-order valence-corrected chi connectivity index (χ4v) is 2.99. The third-order valence-corrected chi connectivity index (χ3v) is 4.49. The zero-order valence-corrected chi connectivity index (χ0v) is 13.9. The van der Waals surface area contributed by atoms with Gasteiger partial charge in [0.05, 0.1) is 21.8 Å². The van der Waals surface area contributed by atoms with Crippen molar-refractivity contribution in [1.82, 2.24) is 15.0 Å². The minimum atomic E-state index is 0.336. The first-order chi connectivity index (χ1) is 11.7. The van der Waals surface area contributed by atoms with E-state index in [1.165, 1.54) is 17.5 Å². The molecule has 6 nitrogen and oxygen atoms in total. The predicted octanol–water partition coefficient (Wildman–Crippen LogP) is 3.58. The van der Waals surface area contributed by atoms with E-state index in [0.717, 1.165) is 21.1 Å². The molecule has 0 radical (unpaired) electrons. The van der Waals surface area contributed by atoms with Gasteiger partial charge in [-0.15, -0.1) is 11.3 Å². The summed E-state index contributed by atoms with van der Waals surface area (Å²) in [6.07, 6.45) is 4.96. The Labute approximate surface area is 143 Å². The van der Waals surface area contributed by atoms with E-state index in [0.29, 0.717) is 17.2 Å². The Morgan fingerprint density at radius 3 is 2.83 bits per heavy atom. The Bertz CT molecular complexity index is 910. The van der Waals surface area contributed by atoms with E-state index in [9.17, 15) is 0 Å². The molecule has 0 aliphatic heterocycles. The van der Waals surface area contributed by atoms with Gasteiger partial charge in [0, 0.05) is 30.2 Å². The van der Waals surface area contributed by atoms with Crippen molar-refractivity contribution in [2.24, 2.45) is 5.16 Å². The number of hydrogen-bond acceptors (Lipinski definition) is 7. The number of aryl methyl sites for hydroxylation is 1. The van der Waals surface area contributed by atoms with Gasteiger partial charge in [-0.25, -0.2) is 9.97 Å². The highest BCUT2D eigenvalue weighted by Gasteiger charge is 2.12. The molecule has 0 aromatic carbocycles. The zero-order chi connectivity index (χ0) is 16.9. The van der Waals surface area contributed by atoms with Crippen LogP contribution < -0.4 is 4.84 Å². The lowest BCUT2D eigenvalue weighted by Crippen LogP contribution is -1.98. The first-order valence-electron chi connectivity index (χ1n) is 7.13. The number of nitrogens with zero attached hydrogens (tertiary/aromatic N) is 5. The van der Waals surface area contributed by atoms with Crippen molar-refractivity contribution in [3.63, 3.8) is 0 Å². The molecule has 0 fully saturated rings. The molecule has 3 aromatic rings. The number of pyridine rings is 2. The van der Waals surface area contributed by atoms with Gasteiger partial charge < -0.3 is 4.84 Å². The maximum absolute atomic E-state index is 8.75. The minimum absolute atomic E-state index is 0.336. The molecule has 0 unspecified atom stereocenters. The second-order valence-electron chi connectivity index (χ2n) is 4.94. The molecular weight excluding hydrogens is 322 g/mol. The number of nitriles is 1. The molecule has 0 aliphatic rings. The second-order valence-corrected chi connectivity index (χ2v) is 5.94. The van der Waals surface area contributed by atoms with Crippen LogP contribution in [-0.2, 0) is 0 Å². The van der Waals surface area contributed by atoms with Gasteiger partial charge in [0.15, 0.2) is 0 Å². The van der Waals surface area contributed by atoms with E-state index in [1.54, 1.807) is 24.5 Å². The molecule has 0 amide bonds. The summed E-state index contributed by atoms with van der Waals surface area (Å²) in [5.41, 5.74) is 3.05. The Balaban J connectivity index is 1.80. The molecular formula is C17H13N5OS. The number of hydrogen-bond donors (Lipinski definition) is 0. The molecule has 7 heteroatoms. The van der Waals surface area contributed by atoms with Gasteiger partial charge in [0.2, 0.25) is 5.88 Å². The van der Waals surface area contributed by atoms with Crippen molar-refractivity contribution in [2.75, 3.05) is 0 Å². The molecule has 118 valence electrons. The Morgan fingerprint density at radius 1 is 1.29 bits per heavy atom. The largest absolute Gasteiger partial charge is 0.336 e. The van der Waals surface area contributed by atoms with Gasteiger partial charge in [-0.2, -0.15) is 5.26 Å². The highest BCUT2D eigenvalue weighted by molar-refractivity contribution is 7.17. The van der Waals surface area contributed by atoms with Crippen molar-refractivity contribution < 1.29 is 4.84 Å². The maximum Gasteiger partial charge on any atom is 0.248 e. The zero-order valence-electron chi connectivity index (χ0n) is 13.1. The molecule has 0 N–H and O–H groups in total. The number of thiazole rings is 1. The summed E-state index contributed by atoms with van der Waals surface area (Å²) in [7, 11) is 0. The van der Waals surface area contributed by atoms with Crippen LogP contribution in [0.5, 0.6) is 5.88 Å². The van der Waals surface area contributed by atoms with Crippen molar-refractivity contribution in [2.45, 2.75) is 13.8 Å². The smallest absolute Gasteiger partial charge is 0.248 e. The molecule has 0 spiro atoms. The Kier molecular flexibility index (Phi) is 4.59. The molecule has 3 heterocycles. The van der Waals surface area contributed by atoms with Gasteiger partial charge in [-0.1, -0.05) is 5.16 Å². The molecule has 24 heavy (non-hydrogen) atoms. The first kappa shape index (κ1) is 15.8. The van der Waals surface area contributed by atoms with E-state index >= 15 is 0 Å². The minimum Gasteiger partial charge on any atom is -0.336 e. The fraction of sp³-hybridized carbons (Fsp3) is 0.118. The van der Waals surface area contributed by atoms with E-state index in [1.807, 2.05) is 32.0 Å². The van der Waals surface area contributed by atoms with E-state index in [2.05, 4.69) is 20.1 Å². The van der Waals surface area contributed by atoms with Crippen molar-refractivity contribution in [3.05, 3.63) is 59.0 Å². The summed E-state index contributed by atoms with van der Waals surface area (Å²) in [6, 6.07) is 9.10. The van der Waals surface area contributed by atoms with Crippen LogP contribution in [0.25, 0.3) is 10.6 Å². The maximum atomic E-state index is 8.75. The monoisotopic (exact) mass is 335 g/mol. The molecule has 3 aromatic heterocycles. The van der Waals surface area contributed by atoms with Gasteiger partial charge in [0.25, 0.3) is 0 Å². The highest BCUT2D eigenvalue weighted by atomic mass is 32.1. The standard InChI is InChI=1S/C17H13N5OS/c1-11-16(24-17(21-11)14-4-3-7-19-10-14)12(2)22-23-15-6-5-13(8-18)9-20-15/h3-7,9-10H,1-2H3/b22-12+. The normalized spacial score (nSPS) is 11.1. The number of rotatable bonds is 4. The van der Waals surface area contributed by atoms with Gasteiger partial charge >= 0.3 is 0 Å². The van der Waals surface area contributed by atoms with Gasteiger partial charge in [-0.05, 0) is 32.0 Å². The van der Waals surface area contributed by atoms with Crippen LogP contribution in [0.4, 0.5) is 0 Å². The molecule has 0 saturated carbocycles. The molecule has 0 saturated heterocycles. The number of oxime groups is 1. The van der Waals surface area contributed by atoms with E-state index in [4.69, 9.17) is 10.1 Å². The van der Waals surface area contributed by atoms with E-state index in [-0.39, 0.29) is 0 Å². The summed E-state index contributed by atoms with van der Waals surface area (Å²) in [6.45, 7) is 3.79. The molecule has 3 rings (SSSR count). The summed E-state index contributed by atoms with van der Waals surface area (Å²) >= 11 is 1.54. The Morgan fingerprint density at radius 2 is 2.17 bits per heavy atom. The van der Waals surface area contributed by atoms with Crippen LogP contribution in [-0.4, -0.2) is 20.7 Å². The summed E-state index contributed by atoms with van der Waals surface area (Å²) < 4.78 is 0.